The number of aromatic carboxylic acids is 1. The van der Waals surface area contributed by atoms with Gasteiger partial charge in [-0.15, -0.1) is 23.7 Å². The molecular formula is C24H27ClN2O5S. The quantitative estimate of drug-likeness (QED) is 0.460. The van der Waals surface area contributed by atoms with Gasteiger partial charge in [0.1, 0.15) is 5.56 Å². The number of carboxylic acids is 1. The zero-order valence-corrected chi connectivity index (χ0v) is 19.9. The highest BCUT2D eigenvalue weighted by Gasteiger charge is 2.30. The van der Waals surface area contributed by atoms with Gasteiger partial charge < -0.3 is 24.8 Å². The number of aliphatic hydroxyl groups excluding tert-OH is 1. The number of aliphatic hydroxyl groups is 1. The van der Waals surface area contributed by atoms with E-state index in [2.05, 4.69) is 11.4 Å². The van der Waals surface area contributed by atoms with Crippen LogP contribution in [0.15, 0.2) is 29.2 Å². The molecule has 2 aliphatic rings. The first-order valence-electron chi connectivity index (χ1n) is 11.0. The van der Waals surface area contributed by atoms with Crippen molar-refractivity contribution in [1.82, 2.24) is 9.88 Å². The molecule has 2 aromatic heterocycles. The average Bonchev–Trinajstić information content (AvgIpc) is 3.54. The Balaban J connectivity index is 0.00000259. The first-order valence-corrected chi connectivity index (χ1v) is 11.8. The summed E-state index contributed by atoms with van der Waals surface area (Å²) in [5.41, 5.74) is 2.17. The first-order chi connectivity index (χ1) is 15.5. The van der Waals surface area contributed by atoms with E-state index in [0.29, 0.717) is 23.2 Å². The number of rotatable bonds is 7. The molecule has 0 saturated heterocycles. The number of carbonyl (C=O) groups is 1. The first kappa shape index (κ1) is 23.8. The molecule has 0 amide bonds. The fourth-order valence-corrected chi connectivity index (χ4v) is 6.04. The number of carboxylic acid groups (broad SMARTS) is 1. The van der Waals surface area contributed by atoms with Gasteiger partial charge in [-0.05, 0) is 55.9 Å². The molecule has 0 bridgehead atoms. The van der Waals surface area contributed by atoms with Crippen molar-refractivity contribution < 1.29 is 19.7 Å². The zero-order chi connectivity index (χ0) is 22.4. The number of halogens is 1. The number of aromatic nitrogens is 1. The van der Waals surface area contributed by atoms with Gasteiger partial charge in [-0.2, -0.15) is 0 Å². The fourth-order valence-electron chi connectivity index (χ4n) is 4.75. The third-order valence-electron chi connectivity index (χ3n) is 6.40. The second kappa shape index (κ2) is 9.46. The lowest BCUT2D eigenvalue weighted by Crippen LogP contribution is -2.26. The van der Waals surface area contributed by atoms with Gasteiger partial charge in [0.25, 0.3) is 0 Å². The van der Waals surface area contributed by atoms with E-state index >= 15 is 0 Å². The van der Waals surface area contributed by atoms with Crippen LogP contribution in [0.25, 0.3) is 21.3 Å². The highest BCUT2D eigenvalue weighted by Crippen LogP contribution is 2.46. The molecule has 33 heavy (non-hydrogen) atoms. The lowest BCUT2D eigenvalue weighted by atomic mass is 9.93. The number of hydrogen-bond acceptors (Lipinski definition) is 6. The summed E-state index contributed by atoms with van der Waals surface area (Å²) in [6.07, 6.45) is 6.56. The van der Waals surface area contributed by atoms with Crippen molar-refractivity contribution in [3.8, 4) is 16.2 Å². The summed E-state index contributed by atoms with van der Waals surface area (Å²) < 4.78 is 7.78. The van der Waals surface area contributed by atoms with Crippen LogP contribution in [0.1, 0.15) is 58.6 Å². The molecule has 3 N–H and O–H groups in total. The van der Waals surface area contributed by atoms with Crippen molar-refractivity contribution in [1.29, 1.82) is 0 Å². The number of nitrogens with one attached hydrogen (secondary N) is 1. The Morgan fingerprint density at radius 1 is 1.30 bits per heavy atom. The predicted molar refractivity (Wildman–Crippen MR) is 131 cm³/mol. The summed E-state index contributed by atoms with van der Waals surface area (Å²) in [6, 6.07) is 6.22. The molecule has 1 unspecified atom stereocenters. The molecule has 1 atom stereocenters. The third kappa shape index (κ3) is 4.17. The molecule has 0 radical (unpaired) electrons. The van der Waals surface area contributed by atoms with Gasteiger partial charge in [0.15, 0.2) is 5.75 Å². The van der Waals surface area contributed by atoms with Crippen molar-refractivity contribution in [3.63, 3.8) is 0 Å². The smallest absolute Gasteiger partial charge is 0.341 e. The summed E-state index contributed by atoms with van der Waals surface area (Å²) in [4.78, 5) is 27.0. The molecule has 176 valence electrons. The van der Waals surface area contributed by atoms with Crippen LogP contribution in [-0.2, 0) is 6.42 Å². The number of thiophene rings is 1. The van der Waals surface area contributed by atoms with E-state index in [-0.39, 0.29) is 36.7 Å². The van der Waals surface area contributed by atoms with E-state index in [9.17, 15) is 19.8 Å². The van der Waals surface area contributed by atoms with Crippen LogP contribution in [0.4, 0.5) is 0 Å². The van der Waals surface area contributed by atoms with Crippen LogP contribution < -0.4 is 15.5 Å². The fraction of sp³-hybridized carbons (Fsp3) is 0.417. The van der Waals surface area contributed by atoms with Gasteiger partial charge in [0, 0.05) is 40.1 Å². The minimum absolute atomic E-state index is 0. The molecule has 7 nitrogen and oxygen atoms in total. The Morgan fingerprint density at radius 3 is 2.76 bits per heavy atom. The lowest BCUT2D eigenvalue weighted by Gasteiger charge is -2.23. The van der Waals surface area contributed by atoms with Crippen molar-refractivity contribution in [2.45, 2.75) is 44.2 Å². The monoisotopic (exact) mass is 490 g/mol. The molecule has 3 aromatic rings. The van der Waals surface area contributed by atoms with Crippen LogP contribution in [0, 0.1) is 0 Å². The van der Waals surface area contributed by atoms with Crippen LogP contribution in [0.3, 0.4) is 0 Å². The second-order valence-corrected chi connectivity index (χ2v) is 9.61. The van der Waals surface area contributed by atoms with Crippen LogP contribution in [0.2, 0.25) is 0 Å². The summed E-state index contributed by atoms with van der Waals surface area (Å²) in [7, 11) is 1.60. The minimum Gasteiger partial charge on any atom is -0.494 e. The third-order valence-corrected chi connectivity index (χ3v) is 7.65. The van der Waals surface area contributed by atoms with E-state index in [1.165, 1.54) is 16.6 Å². The Hall–Kier alpha value is -2.39. The van der Waals surface area contributed by atoms with Crippen LogP contribution in [-0.4, -0.2) is 41.0 Å². The van der Waals surface area contributed by atoms with Crippen molar-refractivity contribution in [2.24, 2.45) is 0 Å². The molecule has 0 spiro atoms. The highest BCUT2D eigenvalue weighted by atomic mass is 35.5. The molecule has 1 saturated carbocycles. The van der Waals surface area contributed by atoms with Crippen molar-refractivity contribution in [2.75, 3.05) is 20.3 Å². The van der Waals surface area contributed by atoms with E-state index in [1.807, 2.05) is 10.6 Å². The minimum atomic E-state index is -1.21. The molecule has 1 aromatic carbocycles. The number of aryl methyl sites for hydroxylation is 1. The van der Waals surface area contributed by atoms with Gasteiger partial charge in [-0.25, -0.2) is 4.79 Å². The average molecular weight is 491 g/mol. The number of pyridine rings is 1. The maximum atomic E-state index is 12.9. The number of benzene rings is 1. The zero-order valence-electron chi connectivity index (χ0n) is 18.3. The SMILES string of the molecule is COc1c(-c2cc3c(s2)CCCC3NCCO)ccc2c(=O)c(C(=O)O)cn(C3CC3)c12.Cl. The summed E-state index contributed by atoms with van der Waals surface area (Å²) in [6.45, 7) is 0.673. The topological polar surface area (TPSA) is 101 Å². The maximum absolute atomic E-state index is 12.9. The number of methoxy groups -OCH3 is 1. The molecule has 5 rings (SSSR count). The van der Waals surface area contributed by atoms with Gasteiger partial charge in [-0.3, -0.25) is 4.79 Å². The lowest BCUT2D eigenvalue weighted by molar-refractivity contribution is 0.0695. The van der Waals surface area contributed by atoms with Gasteiger partial charge in [-0.1, -0.05) is 0 Å². The summed E-state index contributed by atoms with van der Waals surface area (Å²) in [5.74, 6) is -0.594. The standard InChI is InChI=1S/C24H26N2O5S.ClH/c1-31-23-14(20-11-16-18(25-9-10-27)3-2-4-19(16)32-20)7-8-15-21(23)26(13-5-6-13)12-17(22(15)28)24(29)30;/h7-8,11-13,18,25,27H,2-6,9-10H2,1H3,(H,29,30);1H. The maximum Gasteiger partial charge on any atom is 0.341 e. The van der Waals surface area contributed by atoms with Crippen LogP contribution >= 0.6 is 23.7 Å². The molecular weight excluding hydrogens is 464 g/mol. The summed E-state index contributed by atoms with van der Waals surface area (Å²) >= 11 is 1.74. The van der Waals surface area contributed by atoms with Crippen LogP contribution in [0.5, 0.6) is 5.75 Å². The van der Waals surface area contributed by atoms with Crippen molar-refractivity contribution in [3.05, 3.63) is 50.6 Å². The van der Waals surface area contributed by atoms with Gasteiger partial charge in [0.2, 0.25) is 5.43 Å². The predicted octanol–water partition coefficient (Wildman–Crippen LogP) is 4.15. The normalized spacial score (nSPS) is 17.5. The Labute approximate surface area is 201 Å². The Kier molecular flexibility index (Phi) is 6.81. The Bertz CT molecular complexity index is 1260. The number of hydrogen-bond donors (Lipinski definition) is 3. The number of nitrogens with zero attached hydrogens (tertiary/aromatic N) is 1. The Morgan fingerprint density at radius 2 is 2.09 bits per heavy atom. The molecule has 9 heteroatoms. The van der Waals surface area contributed by atoms with E-state index in [4.69, 9.17) is 4.74 Å². The van der Waals surface area contributed by atoms with Gasteiger partial charge in [0.05, 0.1) is 24.6 Å². The molecule has 0 aliphatic heterocycles. The van der Waals surface area contributed by atoms with E-state index < -0.39 is 11.4 Å². The van der Waals surface area contributed by atoms with E-state index in [1.54, 1.807) is 24.5 Å². The highest BCUT2D eigenvalue weighted by molar-refractivity contribution is 7.15. The van der Waals surface area contributed by atoms with Crippen molar-refractivity contribution >= 4 is 40.6 Å². The number of ether oxygens (including phenoxy) is 1. The molecule has 2 heterocycles. The second-order valence-electron chi connectivity index (χ2n) is 8.47. The molecule has 1 fully saturated rings. The van der Waals surface area contributed by atoms with Gasteiger partial charge >= 0.3 is 5.97 Å². The van der Waals surface area contributed by atoms with E-state index in [0.717, 1.165) is 42.5 Å². The largest absolute Gasteiger partial charge is 0.494 e. The number of fused-ring (bicyclic) bond motifs is 2. The molecule has 2 aliphatic carbocycles. The summed E-state index contributed by atoms with van der Waals surface area (Å²) in [5, 5.41) is 22.5.